The van der Waals surface area contributed by atoms with E-state index in [4.69, 9.17) is 0 Å². The predicted molar refractivity (Wildman–Crippen MR) is 85.7 cm³/mol. The van der Waals surface area contributed by atoms with Crippen molar-refractivity contribution < 1.29 is 23.0 Å². The van der Waals surface area contributed by atoms with E-state index in [1.807, 2.05) is 0 Å². The van der Waals surface area contributed by atoms with E-state index >= 15 is 0 Å². The second kappa shape index (κ2) is 8.69. The van der Waals surface area contributed by atoms with Gasteiger partial charge < -0.3 is 20.1 Å². The molecule has 0 radical (unpaired) electrons. The van der Waals surface area contributed by atoms with Crippen molar-refractivity contribution in [2.75, 3.05) is 26.2 Å². The normalized spacial score (nSPS) is 18.5. The first-order valence-corrected chi connectivity index (χ1v) is 8.28. The van der Waals surface area contributed by atoms with Gasteiger partial charge in [0, 0.05) is 18.7 Å². The molecular formula is C17H25F3N2O2. The highest BCUT2D eigenvalue weighted by Gasteiger charge is 2.32. The molecule has 1 atom stereocenters. The molecular weight excluding hydrogens is 321 g/mol. The smallest absolute Gasteiger partial charge is 0.405 e. The van der Waals surface area contributed by atoms with Crippen molar-refractivity contribution in [1.29, 1.82) is 0 Å². The number of nitrogens with zero attached hydrogens (tertiary/aromatic N) is 1. The second-order valence-electron chi connectivity index (χ2n) is 6.38. The number of rotatable bonds is 7. The number of para-hydroxylation sites is 1. The van der Waals surface area contributed by atoms with Crippen LogP contribution < -0.4 is 10.1 Å². The maximum absolute atomic E-state index is 12.4. The van der Waals surface area contributed by atoms with E-state index in [0.717, 1.165) is 32.5 Å². The average molecular weight is 346 g/mol. The molecule has 0 saturated carbocycles. The third-order valence-corrected chi connectivity index (χ3v) is 4.18. The first kappa shape index (κ1) is 19.0. The van der Waals surface area contributed by atoms with Crippen LogP contribution in [0.2, 0.25) is 0 Å². The molecule has 1 aromatic carbocycles. The Morgan fingerprint density at radius 3 is 2.58 bits per heavy atom. The average Bonchev–Trinajstić information content (AvgIpc) is 2.49. The zero-order valence-electron chi connectivity index (χ0n) is 13.9. The highest BCUT2D eigenvalue weighted by molar-refractivity contribution is 5.33. The lowest BCUT2D eigenvalue weighted by atomic mass is 9.96. The Morgan fingerprint density at radius 2 is 1.96 bits per heavy atom. The van der Waals surface area contributed by atoms with Crippen molar-refractivity contribution in [2.24, 2.45) is 5.92 Å². The van der Waals surface area contributed by atoms with Crippen molar-refractivity contribution in [1.82, 2.24) is 10.2 Å². The summed E-state index contributed by atoms with van der Waals surface area (Å²) in [5, 5.41) is 12.6. The van der Waals surface area contributed by atoms with Crippen LogP contribution in [-0.2, 0) is 6.54 Å². The number of hydrogen-bond donors (Lipinski definition) is 2. The molecule has 1 aliphatic rings. The maximum atomic E-state index is 12.4. The van der Waals surface area contributed by atoms with E-state index in [1.165, 1.54) is 12.1 Å². The Balaban J connectivity index is 1.75. The van der Waals surface area contributed by atoms with Crippen molar-refractivity contribution in [3.63, 3.8) is 0 Å². The molecule has 1 aromatic rings. The molecule has 0 amide bonds. The van der Waals surface area contributed by atoms with Gasteiger partial charge in [0.25, 0.3) is 0 Å². The van der Waals surface area contributed by atoms with Gasteiger partial charge >= 0.3 is 6.36 Å². The van der Waals surface area contributed by atoms with E-state index in [-0.39, 0.29) is 11.9 Å². The molecule has 1 heterocycles. The van der Waals surface area contributed by atoms with E-state index < -0.39 is 6.36 Å². The number of halogens is 3. The number of aliphatic hydroxyl groups is 1. The second-order valence-corrected chi connectivity index (χ2v) is 6.38. The van der Waals surface area contributed by atoms with Crippen LogP contribution in [-0.4, -0.2) is 48.7 Å². The summed E-state index contributed by atoms with van der Waals surface area (Å²) in [5.41, 5.74) is 0.501. The number of piperidine rings is 1. The minimum Gasteiger partial charge on any atom is -0.405 e. The lowest BCUT2D eigenvalue weighted by Crippen LogP contribution is -2.40. The van der Waals surface area contributed by atoms with Crippen LogP contribution in [0.4, 0.5) is 13.2 Å². The van der Waals surface area contributed by atoms with Gasteiger partial charge in [-0.3, -0.25) is 0 Å². The summed E-state index contributed by atoms with van der Waals surface area (Å²) in [6.45, 7) is 5.50. The number of likely N-dealkylation sites (tertiary alicyclic amines) is 1. The minimum atomic E-state index is -4.67. The Morgan fingerprint density at radius 1 is 1.29 bits per heavy atom. The van der Waals surface area contributed by atoms with Gasteiger partial charge in [0.1, 0.15) is 5.75 Å². The third-order valence-electron chi connectivity index (χ3n) is 4.18. The Bertz CT molecular complexity index is 501. The van der Waals surface area contributed by atoms with Crippen LogP contribution in [0.3, 0.4) is 0 Å². The largest absolute Gasteiger partial charge is 0.573 e. The molecule has 2 rings (SSSR count). The standard InChI is InChI=1S/C17H25F3N2O2/c1-13(23)12-22-8-6-14(7-9-22)10-21-11-15-4-2-3-5-16(15)24-17(18,19)20/h2-5,13-14,21,23H,6-12H2,1H3/t13-/m1/s1. The monoisotopic (exact) mass is 346 g/mol. The first-order valence-electron chi connectivity index (χ1n) is 8.28. The fourth-order valence-corrected chi connectivity index (χ4v) is 3.03. The Labute approximate surface area is 140 Å². The molecule has 0 unspecified atom stereocenters. The SMILES string of the molecule is C[C@@H](O)CN1CCC(CNCc2ccccc2OC(F)(F)F)CC1. The Kier molecular flexibility index (Phi) is 6.89. The van der Waals surface area contributed by atoms with Gasteiger partial charge in [-0.05, 0) is 51.4 Å². The molecule has 4 nitrogen and oxygen atoms in total. The maximum Gasteiger partial charge on any atom is 0.573 e. The summed E-state index contributed by atoms with van der Waals surface area (Å²) < 4.78 is 41.2. The summed E-state index contributed by atoms with van der Waals surface area (Å²) in [4.78, 5) is 2.24. The fraction of sp³-hybridized carbons (Fsp3) is 0.647. The first-order chi connectivity index (χ1) is 11.3. The van der Waals surface area contributed by atoms with Crippen LogP contribution in [0.25, 0.3) is 0 Å². The number of β-amino-alcohol motifs (C(OH)–C–C–N with tert-alkyl or cyclic N) is 1. The summed E-state index contributed by atoms with van der Waals surface area (Å²) in [7, 11) is 0. The third kappa shape index (κ3) is 6.67. The molecule has 1 aliphatic heterocycles. The number of nitrogens with one attached hydrogen (secondary N) is 1. The van der Waals surface area contributed by atoms with E-state index in [9.17, 15) is 18.3 Å². The van der Waals surface area contributed by atoms with Gasteiger partial charge in [-0.1, -0.05) is 18.2 Å². The van der Waals surface area contributed by atoms with Crippen LogP contribution in [0.1, 0.15) is 25.3 Å². The molecule has 1 saturated heterocycles. The van der Waals surface area contributed by atoms with E-state index in [1.54, 1.807) is 19.1 Å². The van der Waals surface area contributed by atoms with Crippen LogP contribution in [0.5, 0.6) is 5.75 Å². The fourth-order valence-electron chi connectivity index (χ4n) is 3.03. The molecule has 136 valence electrons. The molecule has 2 N–H and O–H groups in total. The molecule has 1 fully saturated rings. The number of alkyl halides is 3. The quantitative estimate of drug-likeness (QED) is 0.797. The van der Waals surface area contributed by atoms with Gasteiger partial charge in [0.05, 0.1) is 6.10 Å². The summed E-state index contributed by atoms with van der Waals surface area (Å²) in [5.74, 6) is 0.357. The zero-order chi connectivity index (χ0) is 17.6. The summed E-state index contributed by atoms with van der Waals surface area (Å²) in [6.07, 6.45) is -2.93. The number of hydrogen-bond acceptors (Lipinski definition) is 4. The van der Waals surface area contributed by atoms with Gasteiger partial charge in [-0.15, -0.1) is 13.2 Å². The molecule has 0 spiro atoms. The van der Waals surface area contributed by atoms with Crippen molar-refractivity contribution in [3.05, 3.63) is 29.8 Å². The minimum absolute atomic E-state index is 0.149. The van der Waals surface area contributed by atoms with Gasteiger partial charge in [0.2, 0.25) is 0 Å². The van der Waals surface area contributed by atoms with Crippen molar-refractivity contribution in [3.8, 4) is 5.75 Å². The summed E-state index contributed by atoms with van der Waals surface area (Å²) >= 11 is 0. The molecule has 7 heteroatoms. The molecule has 24 heavy (non-hydrogen) atoms. The Hall–Kier alpha value is -1.31. The van der Waals surface area contributed by atoms with Crippen LogP contribution in [0, 0.1) is 5.92 Å². The molecule has 0 aromatic heterocycles. The van der Waals surface area contributed by atoms with Crippen molar-refractivity contribution in [2.45, 2.75) is 38.8 Å². The van der Waals surface area contributed by atoms with E-state index in [2.05, 4.69) is 15.0 Å². The zero-order valence-corrected chi connectivity index (χ0v) is 13.9. The summed E-state index contributed by atoms with van der Waals surface area (Å²) in [6, 6.07) is 6.20. The highest BCUT2D eigenvalue weighted by Crippen LogP contribution is 2.26. The topological polar surface area (TPSA) is 44.7 Å². The predicted octanol–water partition coefficient (Wildman–Crippen LogP) is 2.77. The number of aliphatic hydroxyl groups excluding tert-OH is 1. The number of benzene rings is 1. The molecule has 0 bridgehead atoms. The van der Waals surface area contributed by atoms with Gasteiger partial charge in [-0.25, -0.2) is 0 Å². The van der Waals surface area contributed by atoms with Gasteiger partial charge in [-0.2, -0.15) is 0 Å². The van der Waals surface area contributed by atoms with Crippen molar-refractivity contribution >= 4 is 0 Å². The van der Waals surface area contributed by atoms with Gasteiger partial charge in [0.15, 0.2) is 0 Å². The molecule has 0 aliphatic carbocycles. The van der Waals surface area contributed by atoms with E-state index in [0.29, 0.717) is 24.6 Å². The lowest BCUT2D eigenvalue weighted by molar-refractivity contribution is -0.274. The number of ether oxygens (including phenoxy) is 1. The van der Waals surface area contributed by atoms with Crippen LogP contribution >= 0.6 is 0 Å². The lowest BCUT2D eigenvalue weighted by Gasteiger charge is -2.32. The highest BCUT2D eigenvalue weighted by atomic mass is 19.4. The van der Waals surface area contributed by atoms with Crippen LogP contribution in [0.15, 0.2) is 24.3 Å².